The average Bonchev–Trinajstić information content (AvgIpc) is 3.11. The van der Waals surface area contributed by atoms with Crippen LogP contribution in [0.5, 0.6) is 0 Å². The molecule has 0 N–H and O–H groups in total. The minimum absolute atomic E-state index is 0.0706. The SMILES string of the molecule is CCC/C=C\CCCCCCCC(=O)OC(COC(=O)CCCCCCC)COC(=O)CCCCCCCCCCCCCCCCCCC. The lowest BCUT2D eigenvalue weighted by atomic mass is 10.0. The minimum Gasteiger partial charge on any atom is -0.462 e. The Hall–Kier alpha value is -1.85. The summed E-state index contributed by atoms with van der Waals surface area (Å²) in [6.45, 7) is 6.49. The van der Waals surface area contributed by atoms with Gasteiger partial charge in [-0.15, -0.1) is 0 Å². The molecule has 0 aliphatic carbocycles. The third-order valence-electron chi connectivity index (χ3n) is 9.50. The molecular formula is C44H82O6. The van der Waals surface area contributed by atoms with E-state index < -0.39 is 6.10 Å². The number of unbranched alkanes of at least 4 members (excludes halogenated alkanes) is 26. The van der Waals surface area contributed by atoms with E-state index in [0.29, 0.717) is 19.3 Å². The number of hydrogen-bond donors (Lipinski definition) is 0. The topological polar surface area (TPSA) is 78.9 Å². The molecule has 50 heavy (non-hydrogen) atoms. The summed E-state index contributed by atoms with van der Waals surface area (Å²) in [7, 11) is 0. The minimum atomic E-state index is -0.763. The first kappa shape index (κ1) is 48.1. The molecule has 6 heteroatoms. The summed E-state index contributed by atoms with van der Waals surface area (Å²) >= 11 is 0. The van der Waals surface area contributed by atoms with E-state index in [1.807, 2.05) is 0 Å². The van der Waals surface area contributed by atoms with E-state index in [9.17, 15) is 14.4 Å². The Labute approximate surface area is 310 Å². The Balaban J connectivity index is 4.15. The van der Waals surface area contributed by atoms with Crippen molar-refractivity contribution in [3.63, 3.8) is 0 Å². The number of ether oxygens (including phenoxy) is 3. The maximum atomic E-state index is 12.6. The largest absolute Gasteiger partial charge is 0.462 e. The Morgan fingerprint density at radius 1 is 0.380 bits per heavy atom. The zero-order chi connectivity index (χ0) is 36.6. The smallest absolute Gasteiger partial charge is 0.306 e. The molecule has 0 rings (SSSR count). The lowest BCUT2D eigenvalue weighted by Gasteiger charge is -2.18. The van der Waals surface area contributed by atoms with Gasteiger partial charge in [0.1, 0.15) is 13.2 Å². The summed E-state index contributed by atoms with van der Waals surface area (Å²) in [5, 5.41) is 0. The molecule has 0 saturated carbocycles. The molecule has 294 valence electrons. The van der Waals surface area contributed by atoms with Crippen LogP contribution < -0.4 is 0 Å². The maximum absolute atomic E-state index is 12.6. The predicted octanol–water partition coefficient (Wildman–Crippen LogP) is 13.5. The van der Waals surface area contributed by atoms with Gasteiger partial charge in [-0.25, -0.2) is 0 Å². The third kappa shape index (κ3) is 37.4. The van der Waals surface area contributed by atoms with E-state index in [4.69, 9.17) is 14.2 Å². The molecule has 0 aliphatic heterocycles. The summed E-state index contributed by atoms with van der Waals surface area (Å²) in [6.07, 6.45) is 40.9. The van der Waals surface area contributed by atoms with Gasteiger partial charge in [0.2, 0.25) is 0 Å². The van der Waals surface area contributed by atoms with Crippen molar-refractivity contribution in [2.24, 2.45) is 0 Å². The fraction of sp³-hybridized carbons (Fsp3) is 0.886. The van der Waals surface area contributed by atoms with Crippen LogP contribution in [0.2, 0.25) is 0 Å². The average molecular weight is 707 g/mol. The van der Waals surface area contributed by atoms with Gasteiger partial charge in [-0.2, -0.15) is 0 Å². The molecule has 1 atom stereocenters. The van der Waals surface area contributed by atoms with Gasteiger partial charge in [0.15, 0.2) is 6.10 Å². The summed E-state index contributed by atoms with van der Waals surface area (Å²) in [6, 6.07) is 0. The molecule has 0 saturated heterocycles. The van der Waals surface area contributed by atoms with Gasteiger partial charge in [0.05, 0.1) is 0 Å². The Kier molecular flexibility index (Phi) is 38.5. The van der Waals surface area contributed by atoms with Gasteiger partial charge >= 0.3 is 17.9 Å². The van der Waals surface area contributed by atoms with Gasteiger partial charge in [-0.3, -0.25) is 14.4 Å². The van der Waals surface area contributed by atoms with Crippen LogP contribution in [0.1, 0.15) is 233 Å². The van der Waals surface area contributed by atoms with E-state index in [2.05, 4.69) is 32.9 Å². The second-order valence-electron chi connectivity index (χ2n) is 14.6. The van der Waals surface area contributed by atoms with Crippen molar-refractivity contribution in [3.8, 4) is 0 Å². The van der Waals surface area contributed by atoms with Gasteiger partial charge in [-0.1, -0.05) is 187 Å². The van der Waals surface area contributed by atoms with E-state index in [1.165, 1.54) is 109 Å². The molecule has 0 fully saturated rings. The zero-order valence-electron chi connectivity index (χ0n) is 33.4. The predicted molar refractivity (Wildman–Crippen MR) is 210 cm³/mol. The molecule has 0 radical (unpaired) electrons. The summed E-state index contributed by atoms with van der Waals surface area (Å²) in [5.41, 5.74) is 0. The first-order valence-electron chi connectivity index (χ1n) is 21.7. The lowest BCUT2D eigenvalue weighted by molar-refractivity contribution is -0.167. The van der Waals surface area contributed by atoms with Crippen LogP contribution in [0.15, 0.2) is 12.2 Å². The fourth-order valence-electron chi connectivity index (χ4n) is 6.21. The van der Waals surface area contributed by atoms with Crippen LogP contribution in [-0.2, 0) is 28.6 Å². The van der Waals surface area contributed by atoms with Crippen LogP contribution in [0.25, 0.3) is 0 Å². The second-order valence-corrected chi connectivity index (χ2v) is 14.6. The van der Waals surface area contributed by atoms with Crippen molar-refractivity contribution in [2.75, 3.05) is 13.2 Å². The van der Waals surface area contributed by atoms with Crippen LogP contribution in [-0.4, -0.2) is 37.2 Å². The maximum Gasteiger partial charge on any atom is 0.306 e. The molecule has 0 aliphatic rings. The van der Waals surface area contributed by atoms with Crippen molar-refractivity contribution >= 4 is 17.9 Å². The van der Waals surface area contributed by atoms with Crippen molar-refractivity contribution in [1.82, 2.24) is 0 Å². The highest BCUT2D eigenvalue weighted by atomic mass is 16.6. The van der Waals surface area contributed by atoms with Crippen LogP contribution in [0, 0.1) is 0 Å². The number of carbonyl (C=O) groups excluding carboxylic acids is 3. The summed E-state index contributed by atoms with van der Waals surface area (Å²) < 4.78 is 16.5. The lowest BCUT2D eigenvalue weighted by Crippen LogP contribution is -2.30. The highest BCUT2D eigenvalue weighted by Crippen LogP contribution is 2.15. The van der Waals surface area contributed by atoms with Crippen molar-refractivity contribution < 1.29 is 28.6 Å². The monoisotopic (exact) mass is 707 g/mol. The Bertz CT molecular complexity index is 778. The van der Waals surface area contributed by atoms with Crippen molar-refractivity contribution in [2.45, 2.75) is 239 Å². The standard InChI is InChI=1S/C44H82O6/c1-4-7-10-13-15-17-19-20-21-22-23-24-25-27-28-31-34-37-43(46)49-40-41(39-48-42(45)36-33-30-12-9-6-3)50-44(47)38-35-32-29-26-18-16-14-11-8-5-2/h11,14,41H,4-10,12-13,15-40H2,1-3H3/b14-11-. The first-order valence-corrected chi connectivity index (χ1v) is 21.7. The number of rotatable bonds is 39. The van der Waals surface area contributed by atoms with Gasteiger partial charge in [-0.05, 0) is 38.5 Å². The zero-order valence-corrected chi connectivity index (χ0v) is 33.4. The van der Waals surface area contributed by atoms with Crippen molar-refractivity contribution in [3.05, 3.63) is 12.2 Å². The van der Waals surface area contributed by atoms with Crippen molar-refractivity contribution in [1.29, 1.82) is 0 Å². The molecule has 0 amide bonds. The number of allylic oxidation sites excluding steroid dienone is 2. The molecule has 0 aromatic carbocycles. The molecule has 0 bridgehead atoms. The Morgan fingerprint density at radius 2 is 0.700 bits per heavy atom. The van der Waals surface area contributed by atoms with Crippen LogP contribution >= 0.6 is 0 Å². The summed E-state index contributed by atoms with van der Waals surface area (Å²) in [4.78, 5) is 37.3. The number of carbonyl (C=O) groups is 3. The molecule has 0 heterocycles. The molecule has 0 aromatic rings. The van der Waals surface area contributed by atoms with E-state index in [1.54, 1.807) is 0 Å². The number of hydrogen-bond acceptors (Lipinski definition) is 6. The van der Waals surface area contributed by atoms with Gasteiger partial charge in [0, 0.05) is 19.3 Å². The van der Waals surface area contributed by atoms with E-state index in [-0.39, 0.29) is 31.1 Å². The summed E-state index contributed by atoms with van der Waals surface area (Å²) in [5.74, 6) is -0.891. The highest BCUT2D eigenvalue weighted by molar-refractivity contribution is 5.71. The highest BCUT2D eigenvalue weighted by Gasteiger charge is 2.19. The third-order valence-corrected chi connectivity index (χ3v) is 9.50. The van der Waals surface area contributed by atoms with E-state index >= 15 is 0 Å². The first-order chi connectivity index (χ1) is 24.5. The molecular weight excluding hydrogens is 624 g/mol. The second kappa shape index (κ2) is 39.9. The molecule has 0 spiro atoms. The van der Waals surface area contributed by atoms with Gasteiger partial charge in [0.25, 0.3) is 0 Å². The Morgan fingerprint density at radius 3 is 1.08 bits per heavy atom. The molecule has 1 unspecified atom stereocenters. The normalized spacial score (nSPS) is 12.0. The molecule has 6 nitrogen and oxygen atoms in total. The van der Waals surface area contributed by atoms with Crippen LogP contribution in [0.3, 0.4) is 0 Å². The quantitative estimate of drug-likeness (QED) is 0.0274. The van der Waals surface area contributed by atoms with Crippen LogP contribution in [0.4, 0.5) is 0 Å². The van der Waals surface area contributed by atoms with E-state index in [0.717, 1.165) is 83.5 Å². The molecule has 0 aromatic heterocycles. The van der Waals surface area contributed by atoms with Gasteiger partial charge < -0.3 is 14.2 Å². The number of esters is 3. The fourth-order valence-corrected chi connectivity index (χ4v) is 6.21.